The van der Waals surface area contributed by atoms with Crippen LogP contribution >= 0.6 is 11.6 Å². The standard InChI is InChI=1S/C30H31ClO5/c1-29(2,3)21-13-17(14-22(28(21)35)30(4,5)6)20-15-24(32)36-23-12-11-19(27(34)25(20)23)26(33)16-7-9-18(31)10-8-16/h7-14,20,34-35H,15H2,1-6H3/t20-/m1/s1. The van der Waals surface area contributed by atoms with E-state index in [0.717, 1.165) is 16.7 Å². The molecule has 1 heterocycles. The van der Waals surface area contributed by atoms with Crippen LogP contribution in [0.4, 0.5) is 0 Å². The number of ketones is 1. The third-order valence-electron chi connectivity index (χ3n) is 6.62. The third-order valence-corrected chi connectivity index (χ3v) is 6.87. The quantitative estimate of drug-likeness (QED) is 0.226. The largest absolute Gasteiger partial charge is 0.507 e. The number of ether oxygens (including phenoxy) is 1. The summed E-state index contributed by atoms with van der Waals surface area (Å²) in [5.41, 5.74) is 2.42. The molecule has 0 amide bonds. The normalized spacial score (nSPS) is 15.9. The molecule has 1 aliphatic rings. The van der Waals surface area contributed by atoms with Gasteiger partial charge in [-0.2, -0.15) is 0 Å². The molecule has 0 saturated carbocycles. The summed E-state index contributed by atoms with van der Waals surface area (Å²) in [5.74, 6) is -1.10. The molecule has 1 atom stereocenters. The fourth-order valence-electron chi connectivity index (χ4n) is 4.67. The zero-order chi connectivity index (χ0) is 26.6. The fourth-order valence-corrected chi connectivity index (χ4v) is 4.80. The van der Waals surface area contributed by atoms with Crippen molar-refractivity contribution in [1.82, 2.24) is 0 Å². The van der Waals surface area contributed by atoms with Crippen molar-refractivity contribution in [2.45, 2.75) is 64.7 Å². The number of hydrogen-bond acceptors (Lipinski definition) is 5. The van der Waals surface area contributed by atoms with Crippen LogP contribution < -0.4 is 4.74 Å². The van der Waals surface area contributed by atoms with Gasteiger partial charge in [-0.3, -0.25) is 9.59 Å². The highest BCUT2D eigenvalue weighted by Crippen LogP contribution is 2.48. The number of carbonyl (C=O) groups is 2. The predicted octanol–water partition coefficient (Wildman–Crippen LogP) is 7.02. The molecule has 3 aromatic rings. The maximum Gasteiger partial charge on any atom is 0.312 e. The Morgan fingerprint density at radius 3 is 1.97 bits per heavy atom. The highest BCUT2D eigenvalue weighted by Gasteiger charge is 2.36. The fraction of sp³-hybridized carbons (Fsp3) is 0.333. The van der Waals surface area contributed by atoms with Crippen LogP contribution in [0.15, 0.2) is 48.5 Å². The number of rotatable bonds is 3. The molecule has 36 heavy (non-hydrogen) atoms. The van der Waals surface area contributed by atoms with Crippen molar-refractivity contribution in [3.05, 3.63) is 86.9 Å². The Hall–Kier alpha value is -3.31. The molecular formula is C30H31ClO5. The summed E-state index contributed by atoms with van der Waals surface area (Å²) < 4.78 is 5.46. The van der Waals surface area contributed by atoms with E-state index in [1.807, 2.05) is 53.7 Å². The maximum absolute atomic E-state index is 13.2. The molecule has 2 N–H and O–H groups in total. The smallest absolute Gasteiger partial charge is 0.312 e. The van der Waals surface area contributed by atoms with Gasteiger partial charge in [0.2, 0.25) is 0 Å². The van der Waals surface area contributed by atoms with Gasteiger partial charge in [0, 0.05) is 22.1 Å². The second kappa shape index (κ2) is 8.97. The summed E-state index contributed by atoms with van der Waals surface area (Å²) in [6.45, 7) is 12.1. The summed E-state index contributed by atoms with van der Waals surface area (Å²) in [6, 6.07) is 13.3. The molecule has 4 rings (SSSR count). The van der Waals surface area contributed by atoms with Gasteiger partial charge in [0.05, 0.1) is 12.0 Å². The lowest BCUT2D eigenvalue weighted by molar-refractivity contribution is -0.135. The number of carbonyl (C=O) groups excluding carboxylic acids is 2. The first-order chi connectivity index (χ1) is 16.7. The molecule has 188 valence electrons. The Morgan fingerprint density at radius 1 is 0.889 bits per heavy atom. The monoisotopic (exact) mass is 506 g/mol. The van der Waals surface area contributed by atoms with Crippen LogP contribution in [0.1, 0.15) is 92.1 Å². The summed E-state index contributed by atoms with van der Waals surface area (Å²) in [6.07, 6.45) is -0.00289. The van der Waals surface area contributed by atoms with Gasteiger partial charge in [-0.05, 0) is 63.9 Å². The van der Waals surface area contributed by atoms with Crippen molar-refractivity contribution >= 4 is 23.4 Å². The Kier molecular flexibility index (Phi) is 6.42. The second-order valence-electron chi connectivity index (χ2n) is 11.4. The Labute approximate surface area is 216 Å². The lowest BCUT2D eigenvalue weighted by atomic mass is 9.75. The average molecular weight is 507 g/mol. The molecule has 0 radical (unpaired) electrons. The molecule has 0 fully saturated rings. The van der Waals surface area contributed by atoms with Crippen molar-refractivity contribution in [3.63, 3.8) is 0 Å². The lowest BCUT2D eigenvalue weighted by Crippen LogP contribution is -2.24. The van der Waals surface area contributed by atoms with E-state index in [-0.39, 0.29) is 45.8 Å². The minimum Gasteiger partial charge on any atom is -0.507 e. The van der Waals surface area contributed by atoms with Gasteiger partial charge in [0.1, 0.15) is 17.2 Å². The Bertz CT molecular complexity index is 1320. The van der Waals surface area contributed by atoms with Crippen molar-refractivity contribution in [1.29, 1.82) is 0 Å². The van der Waals surface area contributed by atoms with E-state index < -0.39 is 11.9 Å². The first kappa shape index (κ1) is 25.8. The molecule has 0 bridgehead atoms. The molecular weight excluding hydrogens is 476 g/mol. The van der Waals surface area contributed by atoms with Crippen molar-refractivity contribution < 1.29 is 24.5 Å². The van der Waals surface area contributed by atoms with Crippen LogP contribution in [0.3, 0.4) is 0 Å². The van der Waals surface area contributed by atoms with Crippen LogP contribution in [0, 0.1) is 0 Å². The summed E-state index contributed by atoms with van der Waals surface area (Å²) in [5, 5.41) is 23.0. The van der Waals surface area contributed by atoms with E-state index in [1.165, 1.54) is 6.07 Å². The van der Waals surface area contributed by atoms with E-state index in [1.54, 1.807) is 30.3 Å². The first-order valence-corrected chi connectivity index (χ1v) is 12.3. The summed E-state index contributed by atoms with van der Waals surface area (Å²) >= 11 is 5.96. The topological polar surface area (TPSA) is 83.8 Å². The van der Waals surface area contributed by atoms with Crippen molar-refractivity contribution in [2.75, 3.05) is 0 Å². The zero-order valence-corrected chi connectivity index (χ0v) is 22.2. The van der Waals surface area contributed by atoms with Gasteiger partial charge in [-0.1, -0.05) is 65.3 Å². The van der Waals surface area contributed by atoms with E-state index >= 15 is 0 Å². The third kappa shape index (κ3) is 4.72. The first-order valence-electron chi connectivity index (χ1n) is 11.9. The highest BCUT2D eigenvalue weighted by molar-refractivity contribution is 6.30. The Morgan fingerprint density at radius 2 is 1.44 bits per heavy atom. The molecule has 0 aliphatic carbocycles. The summed E-state index contributed by atoms with van der Waals surface area (Å²) in [4.78, 5) is 25.8. The van der Waals surface area contributed by atoms with E-state index in [9.17, 15) is 19.8 Å². The number of phenols is 2. The zero-order valence-electron chi connectivity index (χ0n) is 21.4. The minimum atomic E-state index is -0.554. The molecule has 3 aromatic carbocycles. The van der Waals surface area contributed by atoms with Gasteiger partial charge in [0.15, 0.2) is 5.78 Å². The highest BCUT2D eigenvalue weighted by atomic mass is 35.5. The average Bonchev–Trinajstić information content (AvgIpc) is 2.77. The molecule has 0 spiro atoms. The molecule has 0 saturated heterocycles. The van der Waals surface area contributed by atoms with Crippen molar-refractivity contribution in [2.24, 2.45) is 0 Å². The number of halogens is 1. The van der Waals surface area contributed by atoms with E-state index in [0.29, 0.717) is 16.1 Å². The summed E-state index contributed by atoms with van der Waals surface area (Å²) in [7, 11) is 0. The lowest BCUT2D eigenvalue weighted by Gasteiger charge is -2.32. The number of phenolic OH excluding ortho intramolecular Hbond substituents is 2. The molecule has 5 nitrogen and oxygen atoms in total. The van der Waals surface area contributed by atoms with Crippen molar-refractivity contribution in [3.8, 4) is 17.2 Å². The minimum absolute atomic E-state index is 0.00289. The molecule has 0 aromatic heterocycles. The van der Waals surface area contributed by atoms with Crippen LogP contribution in [-0.2, 0) is 15.6 Å². The molecule has 0 unspecified atom stereocenters. The number of fused-ring (bicyclic) bond motifs is 1. The molecule has 1 aliphatic heterocycles. The van der Waals surface area contributed by atoms with Crippen LogP contribution in [0.5, 0.6) is 17.2 Å². The second-order valence-corrected chi connectivity index (χ2v) is 11.8. The van der Waals surface area contributed by atoms with Crippen LogP contribution in [-0.4, -0.2) is 22.0 Å². The van der Waals surface area contributed by atoms with Crippen LogP contribution in [0.2, 0.25) is 5.02 Å². The van der Waals surface area contributed by atoms with Gasteiger partial charge < -0.3 is 14.9 Å². The SMILES string of the molecule is CC(C)(C)c1cc([C@H]2CC(=O)Oc3ccc(C(=O)c4ccc(Cl)cc4)c(O)c32)cc(C(C)(C)C)c1O. The number of benzene rings is 3. The van der Waals surface area contributed by atoms with Gasteiger partial charge in [0.25, 0.3) is 0 Å². The number of hydrogen-bond donors (Lipinski definition) is 2. The predicted molar refractivity (Wildman–Crippen MR) is 141 cm³/mol. The van der Waals surface area contributed by atoms with E-state index in [4.69, 9.17) is 16.3 Å². The van der Waals surface area contributed by atoms with Gasteiger partial charge >= 0.3 is 5.97 Å². The molecule has 6 heteroatoms. The van der Waals surface area contributed by atoms with Gasteiger partial charge in [-0.25, -0.2) is 0 Å². The Balaban J connectivity index is 1.93. The van der Waals surface area contributed by atoms with Crippen LogP contribution in [0.25, 0.3) is 0 Å². The van der Waals surface area contributed by atoms with E-state index in [2.05, 4.69) is 0 Å². The van der Waals surface area contributed by atoms with Gasteiger partial charge in [-0.15, -0.1) is 0 Å². The number of esters is 1. The maximum atomic E-state index is 13.2. The number of aromatic hydroxyl groups is 2.